The number of aliphatic imine (C=N–C) groups is 1. The van der Waals surface area contributed by atoms with Crippen LogP contribution >= 0.6 is 21.6 Å². The molecule has 2 aliphatic carbocycles. The predicted octanol–water partition coefficient (Wildman–Crippen LogP) is 6.71. The van der Waals surface area contributed by atoms with Crippen molar-refractivity contribution in [2.75, 3.05) is 58.4 Å². The average molecular weight is 727 g/mol. The van der Waals surface area contributed by atoms with Gasteiger partial charge in [0.05, 0.1) is 18.7 Å². The molecular formula is C38H54N4O6S2. The van der Waals surface area contributed by atoms with Crippen molar-refractivity contribution < 1.29 is 29.2 Å². The monoisotopic (exact) mass is 726 g/mol. The third kappa shape index (κ3) is 9.23. The Morgan fingerprint density at radius 3 is 2.74 bits per heavy atom. The Labute approximate surface area is 305 Å². The van der Waals surface area contributed by atoms with Gasteiger partial charge in [0.2, 0.25) is 0 Å². The van der Waals surface area contributed by atoms with E-state index < -0.39 is 11.0 Å². The van der Waals surface area contributed by atoms with Crippen molar-refractivity contribution in [1.29, 1.82) is 0 Å². The molecule has 1 aliphatic heterocycles. The van der Waals surface area contributed by atoms with E-state index in [9.17, 15) is 15.0 Å². The van der Waals surface area contributed by atoms with E-state index in [4.69, 9.17) is 14.2 Å². The summed E-state index contributed by atoms with van der Waals surface area (Å²) in [5.74, 6) is 3.88. The van der Waals surface area contributed by atoms with Gasteiger partial charge in [-0.25, -0.2) is 0 Å². The molecule has 2 aromatic rings. The number of carbonyl (C=O) groups is 1. The van der Waals surface area contributed by atoms with Crippen LogP contribution in [0.3, 0.4) is 0 Å². The van der Waals surface area contributed by atoms with Crippen molar-refractivity contribution in [3.63, 3.8) is 0 Å². The number of allylic oxidation sites excluding steroid dienone is 2. The first-order valence-corrected chi connectivity index (χ1v) is 20.2. The number of nitrogens with one attached hydrogen (secondary N) is 3. The zero-order chi connectivity index (χ0) is 35.6. The summed E-state index contributed by atoms with van der Waals surface area (Å²) in [6.45, 7) is 1.40. The van der Waals surface area contributed by atoms with Gasteiger partial charge in [0.1, 0.15) is 5.60 Å². The standard InChI is InChI=1S/C38H54N4O6S2/c1-39-24-37(16-13-26(21-37)14-17-46-3)48-33-19-27-8-5-6-10-34(44)38(22-28-11-12-31(43)32(20-28)47-4)15-7-9-29(38)23-49-50-25-41-36(40-2)42-30(18-27)35(33)45/h6,10-12,18-20,26,29,39,43,45H,5,7-9,13-17,21-25H2,1-4H3,(H2,40,41,42)/b10-6+/t26-,29+,37+,38-/m1/s1. The maximum atomic E-state index is 14.2. The number of nitrogens with zero attached hydrogens (tertiary/aromatic N) is 1. The fraction of sp³-hybridized carbons (Fsp3) is 0.579. The number of ether oxygens (including phenoxy) is 3. The maximum Gasteiger partial charge on any atom is 0.196 e. The van der Waals surface area contributed by atoms with E-state index in [1.165, 1.54) is 0 Å². The molecule has 5 rings (SSSR count). The molecule has 2 aromatic carbocycles. The number of benzene rings is 2. The molecule has 1 heterocycles. The first-order valence-electron chi connectivity index (χ1n) is 17.7. The van der Waals surface area contributed by atoms with Gasteiger partial charge in [0.15, 0.2) is 34.7 Å². The van der Waals surface area contributed by atoms with Crippen molar-refractivity contribution >= 4 is 39.0 Å². The summed E-state index contributed by atoms with van der Waals surface area (Å²) in [6.07, 6.45) is 12.3. The fourth-order valence-electron chi connectivity index (χ4n) is 7.97. The summed E-state index contributed by atoms with van der Waals surface area (Å²) in [7, 11) is 10.4. The lowest BCUT2D eigenvalue weighted by Gasteiger charge is -2.33. The number of methoxy groups -OCH3 is 2. The van der Waals surface area contributed by atoms with E-state index >= 15 is 0 Å². The van der Waals surface area contributed by atoms with E-state index in [1.807, 2.05) is 37.4 Å². The van der Waals surface area contributed by atoms with E-state index in [0.29, 0.717) is 60.7 Å². The lowest BCUT2D eigenvalue weighted by Crippen LogP contribution is -2.42. The number of ketones is 1. The van der Waals surface area contributed by atoms with Crippen molar-refractivity contribution in [2.24, 2.45) is 22.2 Å². The van der Waals surface area contributed by atoms with Gasteiger partial charge in [-0.3, -0.25) is 9.79 Å². The van der Waals surface area contributed by atoms with Crippen LogP contribution in [0.4, 0.5) is 5.69 Å². The minimum Gasteiger partial charge on any atom is -0.504 e. The van der Waals surface area contributed by atoms with E-state index in [1.54, 1.807) is 55.0 Å². The smallest absolute Gasteiger partial charge is 0.196 e. The van der Waals surface area contributed by atoms with Crippen molar-refractivity contribution in [3.05, 3.63) is 53.6 Å². The number of rotatable bonds is 10. The molecule has 0 radical (unpaired) electrons. The number of guanidine groups is 1. The van der Waals surface area contributed by atoms with Crippen LogP contribution in [0.15, 0.2) is 47.5 Å². The first kappa shape index (κ1) is 38.2. The molecule has 5 N–H and O–H groups in total. The molecule has 3 aliphatic rings. The molecule has 0 unspecified atom stereocenters. The third-order valence-corrected chi connectivity index (χ3v) is 12.8. The summed E-state index contributed by atoms with van der Waals surface area (Å²) in [5.41, 5.74) is 1.53. The van der Waals surface area contributed by atoms with E-state index in [2.05, 4.69) is 20.9 Å². The topological polar surface area (TPSA) is 134 Å². The number of fused-ring (bicyclic) bond motifs is 3. The highest BCUT2D eigenvalue weighted by atomic mass is 33.1. The second-order valence-corrected chi connectivity index (χ2v) is 16.4. The molecule has 2 fully saturated rings. The molecule has 12 heteroatoms. The van der Waals surface area contributed by atoms with Gasteiger partial charge in [0.25, 0.3) is 0 Å². The molecule has 50 heavy (non-hydrogen) atoms. The van der Waals surface area contributed by atoms with Gasteiger partial charge in [-0.1, -0.05) is 40.2 Å². The van der Waals surface area contributed by atoms with Crippen molar-refractivity contribution in [2.45, 2.75) is 69.8 Å². The minimum absolute atomic E-state index is 0.0545. The predicted molar refractivity (Wildman–Crippen MR) is 205 cm³/mol. The summed E-state index contributed by atoms with van der Waals surface area (Å²) in [6, 6.07) is 9.30. The molecule has 0 spiro atoms. The highest BCUT2D eigenvalue weighted by molar-refractivity contribution is 8.76. The fourth-order valence-corrected chi connectivity index (χ4v) is 10.2. The molecule has 2 saturated carbocycles. The Morgan fingerprint density at radius 1 is 1.10 bits per heavy atom. The summed E-state index contributed by atoms with van der Waals surface area (Å²) in [4.78, 5) is 18.7. The zero-order valence-electron chi connectivity index (χ0n) is 29.9. The van der Waals surface area contributed by atoms with E-state index in [0.717, 1.165) is 68.4 Å². The molecular weight excluding hydrogens is 673 g/mol. The summed E-state index contributed by atoms with van der Waals surface area (Å²) in [5, 5.41) is 31.8. The van der Waals surface area contributed by atoms with Crippen LogP contribution in [-0.2, 0) is 22.4 Å². The molecule has 4 atom stereocenters. The molecule has 0 amide bonds. The average Bonchev–Trinajstić information content (AvgIpc) is 3.71. The minimum atomic E-state index is -0.526. The lowest BCUT2D eigenvalue weighted by molar-refractivity contribution is -0.125. The number of phenols is 2. The second kappa shape index (κ2) is 17.9. The Hall–Kier alpha value is -3.06. The van der Waals surface area contributed by atoms with Crippen LogP contribution < -0.4 is 25.4 Å². The number of hydrogen-bond donors (Lipinski definition) is 5. The second-order valence-electron chi connectivity index (χ2n) is 13.9. The molecule has 10 nitrogen and oxygen atoms in total. The Bertz CT molecular complexity index is 1520. The number of likely N-dealkylation sites (N-methyl/N-ethyl adjacent to an activating group) is 1. The Morgan fingerprint density at radius 2 is 1.96 bits per heavy atom. The molecule has 274 valence electrons. The maximum absolute atomic E-state index is 14.2. The molecule has 2 bridgehead atoms. The Balaban J connectivity index is 1.42. The molecule has 0 saturated heterocycles. The number of carbonyl (C=O) groups excluding carboxylic acids is 1. The normalized spacial score (nSPS) is 27.6. The Kier molecular flexibility index (Phi) is 13.7. The first-order chi connectivity index (χ1) is 24.2. The number of hydrogen-bond acceptors (Lipinski definition) is 10. The van der Waals surface area contributed by atoms with E-state index in [-0.39, 0.29) is 23.2 Å². The van der Waals surface area contributed by atoms with Crippen molar-refractivity contribution in [3.8, 4) is 23.0 Å². The number of anilines is 1. The van der Waals surface area contributed by atoms with Gasteiger partial charge in [-0.2, -0.15) is 0 Å². The van der Waals surface area contributed by atoms with Crippen LogP contribution in [0.2, 0.25) is 0 Å². The van der Waals surface area contributed by atoms with Crippen LogP contribution in [-0.4, -0.2) is 80.7 Å². The lowest BCUT2D eigenvalue weighted by atomic mass is 9.70. The number of aryl methyl sites for hydroxylation is 1. The highest BCUT2D eigenvalue weighted by Crippen LogP contribution is 2.50. The highest BCUT2D eigenvalue weighted by Gasteiger charge is 2.47. The van der Waals surface area contributed by atoms with Gasteiger partial charge in [0, 0.05) is 38.5 Å². The summed E-state index contributed by atoms with van der Waals surface area (Å²) < 4.78 is 17.5. The SMILES string of the molecule is CN=C1NCSSC[C@@H]2CCC[C@]2(Cc2ccc(O)c(OC)c2)C(=O)/C=C/CCc2cc(c(O)c(O[C@@]3(CNC)CC[C@H](CCOC)C3)c2)N1. The van der Waals surface area contributed by atoms with Crippen molar-refractivity contribution in [1.82, 2.24) is 10.6 Å². The van der Waals surface area contributed by atoms with Gasteiger partial charge >= 0.3 is 0 Å². The van der Waals surface area contributed by atoms with Gasteiger partial charge in [-0.05, 0) is 118 Å². The van der Waals surface area contributed by atoms with Crippen LogP contribution in [0.25, 0.3) is 0 Å². The quantitative estimate of drug-likeness (QED) is 0.132. The largest absolute Gasteiger partial charge is 0.504 e. The van der Waals surface area contributed by atoms with Crippen LogP contribution in [0.1, 0.15) is 62.5 Å². The van der Waals surface area contributed by atoms with Crippen LogP contribution in [0.5, 0.6) is 23.0 Å². The number of aromatic hydroxyl groups is 2. The van der Waals surface area contributed by atoms with Crippen LogP contribution in [0, 0.1) is 17.3 Å². The third-order valence-electron chi connectivity index (χ3n) is 10.6. The summed E-state index contributed by atoms with van der Waals surface area (Å²) >= 11 is 0. The van der Waals surface area contributed by atoms with Gasteiger partial charge < -0.3 is 40.4 Å². The molecule has 0 aromatic heterocycles. The number of phenolic OH excluding ortho intramolecular Hbond substituents is 2. The zero-order valence-corrected chi connectivity index (χ0v) is 31.5. The van der Waals surface area contributed by atoms with Gasteiger partial charge in [-0.15, -0.1) is 0 Å².